The molecule has 1 aliphatic heterocycles. The number of hydrogen-bond donors (Lipinski definition) is 1. The van der Waals surface area contributed by atoms with Crippen molar-refractivity contribution in [1.82, 2.24) is 9.88 Å². The highest BCUT2D eigenvalue weighted by Crippen LogP contribution is 2.41. The van der Waals surface area contributed by atoms with Gasteiger partial charge >= 0.3 is 0 Å². The van der Waals surface area contributed by atoms with Crippen molar-refractivity contribution in [3.8, 4) is 0 Å². The molecule has 1 aromatic carbocycles. The van der Waals surface area contributed by atoms with Crippen molar-refractivity contribution in [2.24, 2.45) is 11.8 Å². The monoisotopic (exact) mass is 398 g/mol. The summed E-state index contributed by atoms with van der Waals surface area (Å²) in [6, 6.07) is 11.2. The highest BCUT2D eigenvalue weighted by molar-refractivity contribution is 6.30. The summed E-state index contributed by atoms with van der Waals surface area (Å²) in [5, 5.41) is 3.57. The van der Waals surface area contributed by atoms with Crippen LogP contribution in [0.25, 0.3) is 0 Å². The van der Waals surface area contributed by atoms with Crippen LogP contribution in [0.15, 0.2) is 42.6 Å². The Kier molecular flexibility index (Phi) is 5.22. The zero-order valence-corrected chi connectivity index (χ0v) is 16.5. The lowest BCUT2D eigenvalue weighted by Crippen LogP contribution is -2.49. The number of aryl methyl sites for hydroxylation is 1. The van der Waals surface area contributed by atoms with Gasteiger partial charge in [-0.2, -0.15) is 0 Å². The first-order valence-corrected chi connectivity index (χ1v) is 9.92. The van der Waals surface area contributed by atoms with Gasteiger partial charge < -0.3 is 15.1 Å². The minimum absolute atomic E-state index is 0.0871. The quantitative estimate of drug-likeness (QED) is 0.859. The van der Waals surface area contributed by atoms with Crippen molar-refractivity contribution in [2.45, 2.75) is 13.3 Å². The summed E-state index contributed by atoms with van der Waals surface area (Å²) in [7, 11) is 0. The normalized spacial score (nSPS) is 21.4. The lowest BCUT2D eigenvalue weighted by atomic mass is 10.2. The van der Waals surface area contributed by atoms with Crippen molar-refractivity contribution in [3.05, 3.63) is 53.2 Å². The standard InChI is InChI=1S/C21H23ClN4O2/c1-14-12-15(22)5-6-18(14)24-20(27)16-13-17(16)21(28)26-10-8-25(9-11-26)19-4-2-3-7-23-19/h2-7,12,16-17H,8-11,13H2,1H3,(H,24,27). The zero-order valence-electron chi connectivity index (χ0n) is 15.8. The van der Waals surface area contributed by atoms with E-state index >= 15 is 0 Å². The molecule has 1 N–H and O–H groups in total. The van der Waals surface area contributed by atoms with Gasteiger partial charge in [-0.15, -0.1) is 0 Å². The first kappa shape index (κ1) is 18.7. The summed E-state index contributed by atoms with van der Waals surface area (Å²) in [6.07, 6.45) is 2.40. The predicted octanol–water partition coefficient (Wildman–Crippen LogP) is 2.97. The van der Waals surface area contributed by atoms with Gasteiger partial charge in [0.15, 0.2) is 0 Å². The molecule has 1 saturated carbocycles. The van der Waals surface area contributed by atoms with Crippen LogP contribution in [0.5, 0.6) is 0 Å². The van der Waals surface area contributed by atoms with Crippen LogP contribution in [0.3, 0.4) is 0 Å². The summed E-state index contributed by atoms with van der Waals surface area (Å²) in [4.78, 5) is 33.7. The fourth-order valence-corrected chi connectivity index (χ4v) is 3.91. The average molecular weight is 399 g/mol. The third kappa shape index (κ3) is 3.97. The second-order valence-corrected chi connectivity index (χ2v) is 7.83. The molecule has 2 heterocycles. The molecule has 0 spiro atoms. The van der Waals surface area contributed by atoms with E-state index in [2.05, 4.69) is 15.2 Å². The van der Waals surface area contributed by atoms with Crippen molar-refractivity contribution < 1.29 is 9.59 Å². The number of carbonyl (C=O) groups is 2. The van der Waals surface area contributed by atoms with E-state index in [4.69, 9.17) is 11.6 Å². The maximum Gasteiger partial charge on any atom is 0.228 e. The molecule has 6 nitrogen and oxygen atoms in total. The number of rotatable bonds is 4. The van der Waals surface area contributed by atoms with Gasteiger partial charge in [0.25, 0.3) is 0 Å². The van der Waals surface area contributed by atoms with Gasteiger partial charge in [-0.05, 0) is 49.2 Å². The lowest BCUT2D eigenvalue weighted by Gasteiger charge is -2.35. The fraction of sp³-hybridized carbons (Fsp3) is 0.381. The summed E-state index contributed by atoms with van der Waals surface area (Å²) in [6.45, 7) is 4.75. The van der Waals surface area contributed by atoms with E-state index < -0.39 is 0 Å². The molecule has 1 aromatic heterocycles. The maximum atomic E-state index is 12.8. The van der Waals surface area contributed by atoms with E-state index in [1.54, 1.807) is 18.3 Å². The molecule has 2 aliphatic rings. The first-order valence-electron chi connectivity index (χ1n) is 9.55. The van der Waals surface area contributed by atoms with Crippen molar-refractivity contribution in [2.75, 3.05) is 36.4 Å². The third-order valence-electron chi connectivity index (χ3n) is 5.46. The van der Waals surface area contributed by atoms with Gasteiger partial charge in [0.1, 0.15) is 5.82 Å². The lowest BCUT2D eigenvalue weighted by molar-refractivity contribution is -0.134. The molecule has 1 aliphatic carbocycles. The molecule has 4 rings (SSSR count). The Hall–Kier alpha value is -2.60. The van der Waals surface area contributed by atoms with Gasteiger partial charge in [0.05, 0.1) is 11.8 Å². The number of benzene rings is 1. The molecule has 0 bridgehead atoms. The van der Waals surface area contributed by atoms with Crippen molar-refractivity contribution >= 4 is 34.9 Å². The largest absolute Gasteiger partial charge is 0.353 e. The molecule has 1 saturated heterocycles. The minimum atomic E-state index is -0.239. The number of amides is 2. The van der Waals surface area contributed by atoms with E-state index in [-0.39, 0.29) is 23.7 Å². The Morgan fingerprint density at radius 1 is 1.11 bits per heavy atom. The molecule has 28 heavy (non-hydrogen) atoms. The van der Waals surface area contributed by atoms with Gasteiger partial charge in [0.2, 0.25) is 11.8 Å². The number of anilines is 2. The number of nitrogens with zero attached hydrogens (tertiary/aromatic N) is 3. The molecule has 146 valence electrons. The van der Waals surface area contributed by atoms with E-state index in [9.17, 15) is 9.59 Å². The Bertz CT molecular complexity index is 881. The third-order valence-corrected chi connectivity index (χ3v) is 5.69. The Labute approximate surface area is 169 Å². The fourth-order valence-electron chi connectivity index (χ4n) is 3.68. The molecule has 2 atom stereocenters. The molecule has 2 amide bonds. The van der Waals surface area contributed by atoms with Gasteiger partial charge in [-0.3, -0.25) is 9.59 Å². The predicted molar refractivity (Wildman–Crippen MR) is 109 cm³/mol. The van der Waals surface area contributed by atoms with Crippen LogP contribution < -0.4 is 10.2 Å². The smallest absolute Gasteiger partial charge is 0.228 e. The molecular formula is C21H23ClN4O2. The second-order valence-electron chi connectivity index (χ2n) is 7.40. The Morgan fingerprint density at radius 2 is 1.89 bits per heavy atom. The highest BCUT2D eigenvalue weighted by atomic mass is 35.5. The van der Waals surface area contributed by atoms with Crippen LogP contribution in [-0.2, 0) is 9.59 Å². The van der Waals surface area contributed by atoms with E-state index in [1.807, 2.05) is 36.1 Å². The number of carbonyl (C=O) groups excluding carboxylic acids is 2. The van der Waals surface area contributed by atoms with Crippen LogP contribution in [0, 0.1) is 18.8 Å². The molecule has 2 unspecified atom stereocenters. The van der Waals surface area contributed by atoms with Crippen molar-refractivity contribution in [3.63, 3.8) is 0 Å². The topological polar surface area (TPSA) is 65.5 Å². The summed E-state index contributed by atoms with van der Waals surface area (Å²) in [5.74, 6) is 0.506. The van der Waals surface area contributed by atoms with Crippen molar-refractivity contribution in [1.29, 1.82) is 0 Å². The number of hydrogen-bond acceptors (Lipinski definition) is 4. The molecule has 7 heteroatoms. The van der Waals surface area contributed by atoms with E-state index in [0.29, 0.717) is 24.5 Å². The average Bonchev–Trinajstić information content (AvgIpc) is 3.51. The van der Waals surface area contributed by atoms with Crippen LogP contribution in [0.2, 0.25) is 5.02 Å². The Morgan fingerprint density at radius 3 is 2.57 bits per heavy atom. The molecular weight excluding hydrogens is 376 g/mol. The minimum Gasteiger partial charge on any atom is -0.353 e. The summed E-state index contributed by atoms with van der Waals surface area (Å²) >= 11 is 5.96. The van der Waals surface area contributed by atoms with Crippen LogP contribution in [0.1, 0.15) is 12.0 Å². The highest BCUT2D eigenvalue weighted by Gasteiger charge is 2.49. The zero-order chi connectivity index (χ0) is 19.7. The van der Waals surface area contributed by atoms with Gasteiger partial charge in [0, 0.05) is 43.1 Å². The number of piperazine rings is 1. The number of halogens is 1. The van der Waals surface area contributed by atoms with Crippen LogP contribution in [0.4, 0.5) is 11.5 Å². The first-order chi connectivity index (χ1) is 13.5. The van der Waals surface area contributed by atoms with Gasteiger partial charge in [-0.25, -0.2) is 4.98 Å². The maximum absolute atomic E-state index is 12.8. The number of pyridine rings is 1. The SMILES string of the molecule is Cc1cc(Cl)ccc1NC(=O)C1CC1C(=O)N1CCN(c2ccccn2)CC1. The number of nitrogens with one attached hydrogen (secondary N) is 1. The Balaban J connectivity index is 1.29. The van der Waals surface area contributed by atoms with Gasteiger partial charge in [-0.1, -0.05) is 17.7 Å². The summed E-state index contributed by atoms with van der Waals surface area (Å²) in [5.41, 5.74) is 1.66. The van der Waals surface area contributed by atoms with Crippen LogP contribution in [-0.4, -0.2) is 47.9 Å². The molecule has 0 radical (unpaired) electrons. The van der Waals surface area contributed by atoms with Crippen LogP contribution >= 0.6 is 11.6 Å². The second kappa shape index (κ2) is 7.80. The van der Waals surface area contributed by atoms with E-state index in [0.717, 1.165) is 30.2 Å². The number of aromatic nitrogens is 1. The van der Waals surface area contributed by atoms with E-state index in [1.165, 1.54) is 0 Å². The molecule has 2 aromatic rings. The molecule has 2 fully saturated rings. The summed E-state index contributed by atoms with van der Waals surface area (Å²) < 4.78 is 0.